The minimum absolute atomic E-state index is 0.0546. The van der Waals surface area contributed by atoms with Gasteiger partial charge in [0.15, 0.2) is 0 Å². The average molecular weight is 285 g/mol. The lowest BCUT2D eigenvalue weighted by atomic mass is 9.82. The molecule has 0 aromatic carbocycles. The first-order valence-corrected chi connectivity index (χ1v) is 6.37. The lowest BCUT2D eigenvalue weighted by Crippen LogP contribution is -2.35. The van der Waals surface area contributed by atoms with E-state index < -0.39 is 0 Å². The molecule has 16 heavy (non-hydrogen) atoms. The number of pyridine rings is 1. The number of hydrogen-bond donors (Lipinski definition) is 1. The first kappa shape index (κ1) is 13.5. The van der Waals surface area contributed by atoms with Gasteiger partial charge in [0.05, 0.1) is 0 Å². The molecular weight excluding hydrogens is 264 g/mol. The predicted octanol–water partition coefficient (Wildman–Crippen LogP) is 4.47. The minimum atomic E-state index is 0.0546. The zero-order valence-corrected chi connectivity index (χ0v) is 12.4. The molecule has 3 heteroatoms. The Hall–Kier alpha value is -0.570. The molecule has 0 bridgehead atoms. The summed E-state index contributed by atoms with van der Waals surface area (Å²) in [7, 11) is 0. The number of anilines is 1. The van der Waals surface area contributed by atoms with Gasteiger partial charge in [-0.1, -0.05) is 20.8 Å². The van der Waals surface area contributed by atoms with E-state index in [0.29, 0.717) is 5.41 Å². The molecule has 0 aliphatic heterocycles. The van der Waals surface area contributed by atoms with Crippen molar-refractivity contribution in [1.82, 2.24) is 4.98 Å². The van der Waals surface area contributed by atoms with Gasteiger partial charge in [-0.2, -0.15) is 0 Å². The summed E-state index contributed by atoms with van der Waals surface area (Å²) in [6, 6.07) is 4.00. The van der Waals surface area contributed by atoms with Crippen molar-refractivity contribution in [2.75, 3.05) is 5.32 Å². The number of aromatic nitrogens is 1. The fourth-order valence-electron chi connectivity index (χ4n) is 2.17. The van der Waals surface area contributed by atoms with Crippen LogP contribution in [0.25, 0.3) is 0 Å². The molecule has 0 amide bonds. The van der Waals surface area contributed by atoms with Crippen molar-refractivity contribution in [2.45, 2.75) is 46.6 Å². The molecular formula is C13H21BrN2. The van der Waals surface area contributed by atoms with Gasteiger partial charge in [0.1, 0.15) is 5.82 Å². The van der Waals surface area contributed by atoms with Crippen molar-refractivity contribution in [2.24, 2.45) is 5.41 Å². The van der Waals surface area contributed by atoms with Gasteiger partial charge in [-0.25, -0.2) is 4.98 Å². The van der Waals surface area contributed by atoms with Crippen LogP contribution in [0.2, 0.25) is 0 Å². The van der Waals surface area contributed by atoms with Crippen LogP contribution < -0.4 is 5.32 Å². The molecule has 0 aliphatic carbocycles. The molecule has 0 saturated carbocycles. The molecule has 0 unspecified atom stereocenters. The lowest BCUT2D eigenvalue weighted by molar-refractivity contribution is 0.302. The van der Waals surface area contributed by atoms with Crippen LogP contribution in [0.1, 0.15) is 41.0 Å². The molecule has 1 aromatic heterocycles. The molecule has 0 aliphatic rings. The Balaban J connectivity index is 2.69. The first-order chi connectivity index (χ1) is 7.18. The van der Waals surface area contributed by atoms with Gasteiger partial charge in [-0.3, -0.25) is 0 Å². The van der Waals surface area contributed by atoms with E-state index in [-0.39, 0.29) is 5.54 Å². The summed E-state index contributed by atoms with van der Waals surface area (Å²) in [5, 5.41) is 3.47. The molecule has 0 saturated heterocycles. The second-order valence-electron chi connectivity index (χ2n) is 6.11. The summed E-state index contributed by atoms with van der Waals surface area (Å²) in [5.74, 6) is 0.928. The maximum Gasteiger partial charge on any atom is 0.126 e. The molecule has 1 aromatic rings. The van der Waals surface area contributed by atoms with E-state index in [1.54, 1.807) is 0 Å². The van der Waals surface area contributed by atoms with Gasteiger partial charge in [0.25, 0.3) is 0 Å². The number of hydrogen-bond acceptors (Lipinski definition) is 2. The van der Waals surface area contributed by atoms with Crippen LogP contribution in [0.3, 0.4) is 0 Å². The van der Waals surface area contributed by atoms with Crippen molar-refractivity contribution in [3.63, 3.8) is 0 Å². The molecule has 90 valence electrons. The van der Waals surface area contributed by atoms with E-state index in [2.05, 4.69) is 60.8 Å². The number of rotatable bonds is 3. The first-order valence-electron chi connectivity index (χ1n) is 5.58. The van der Waals surface area contributed by atoms with Crippen molar-refractivity contribution in [3.05, 3.63) is 22.8 Å². The predicted molar refractivity (Wildman–Crippen MR) is 73.7 cm³/mol. The zero-order chi connectivity index (χ0) is 12.4. The quantitative estimate of drug-likeness (QED) is 0.886. The highest BCUT2D eigenvalue weighted by molar-refractivity contribution is 9.10. The van der Waals surface area contributed by atoms with Crippen LogP contribution in [0.15, 0.2) is 22.8 Å². The fourth-order valence-corrected chi connectivity index (χ4v) is 2.40. The molecule has 0 fully saturated rings. The normalized spacial score (nSPS) is 12.6. The lowest BCUT2D eigenvalue weighted by Gasteiger charge is -2.33. The van der Waals surface area contributed by atoms with Crippen LogP contribution in [0.4, 0.5) is 5.82 Å². The molecule has 1 rings (SSSR count). The minimum Gasteiger partial charge on any atom is -0.365 e. The van der Waals surface area contributed by atoms with Gasteiger partial charge < -0.3 is 5.32 Å². The monoisotopic (exact) mass is 284 g/mol. The Morgan fingerprint density at radius 1 is 1.19 bits per heavy atom. The van der Waals surface area contributed by atoms with Gasteiger partial charge in [0.2, 0.25) is 0 Å². The third-order valence-electron chi connectivity index (χ3n) is 2.17. The van der Waals surface area contributed by atoms with E-state index in [0.717, 1.165) is 16.7 Å². The smallest absolute Gasteiger partial charge is 0.126 e. The SMILES string of the molecule is CC(C)(C)CC(C)(C)Nc1ccc(Br)cn1. The van der Waals surface area contributed by atoms with E-state index >= 15 is 0 Å². The molecule has 2 nitrogen and oxygen atoms in total. The fraction of sp³-hybridized carbons (Fsp3) is 0.615. The summed E-state index contributed by atoms with van der Waals surface area (Å²) in [6.07, 6.45) is 2.91. The van der Waals surface area contributed by atoms with Crippen LogP contribution >= 0.6 is 15.9 Å². The molecule has 0 radical (unpaired) electrons. The Bertz CT molecular complexity index is 336. The van der Waals surface area contributed by atoms with Crippen molar-refractivity contribution in [1.29, 1.82) is 0 Å². The van der Waals surface area contributed by atoms with E-state index in [9.17, 15) is 0 Å². The summed E-state index contributed by atoms with van der Waals surface area (Å²) in [6.45, 7) is 11.2. The van der Waals surface area contributed by atoms with Crippen LogP contribution in [-0.4, -0.2) is 10.5 Å². The summed E-state index contributed by atoms with van der Waals surface area (Å²) in [5.41, 5.74) is 0.366. The average Bonchev–Trinajstić information content (AvgIpc) is 2.04. The molecule has 1 heterocycles. The van der Waals surface area contributed by atoms with E-state index in [4.69, 9.17) is 0 Å². The molecule has 0 spiro atoms. The second kappa shape index (κ2) is 4.74. The van der Waals surface area contributed by atoms with E-state index in [1.165, 1.54) is 0 Å². The van der Waals surface area contributed by atoms with E-state index in [1.807, 2.05) is 18.3 Å². The highest BCUT2D eigenvalue weighted by atomic mass is 79.9. The maximum absolute atomic E-state index is 4.34. The Morgan fingerprint density at radius 3 is 2.25 bits per heavy atom. The second-order valence-corrected chi connectivity index (χ2v) is 7.02. The summed E-state index contributed by atoms with van der Waals surface area (Å²) in [4.78, 5) is 4.34. The highest BCUT2D eigenvalue weighted by Gasteiger charge is 2.25. The standard InChI is InChI=1S/C13H21BrN2/c1-12(2,3)9-13(4,5)16-11-7-6-10(14)8-15-11/h6-8H,9H2,1-5H3,(H,15,16). The van der Waals surface area contributed by atoms with Gasteiger partial charge in [-0.05, 0) is 53.7 Å². The highest BCUT2D eigenvalue weighted by Crippen LogP contribution is 2.29. The molecule has 0 atom stereocenters. The summed E-state index contributed by atoms with van der Waals surface area (Å²) < 4.78 is 1.01. The van der Waals surface area contributed by atoms with Crippen LogP contribution in [0, 0.1) is 5.41 Å². The summed E-state index contributed by atoms with van der Waals surface area (Å²) >= 11 is 3.38. The zero-order valence-electron chi connectivity index (χ0n) is 10.8. The van der Waals surface area contributed by atoms with Crippen LogP contribution in [0.5, 0.6) is 0 Å². The van der Waals surface area contributed by atoms with Gasteiger partial charge >= 0.3 is 0 Å². The largest absolute Gasteiger partial charge is 0.365 e. The topological polar surface area (TPSA) is 24.9 Å². The number of nitrogens with one attached hydrogen (secondary N) is 1. The third-order valence-corrected chi connectivity index (χ3v) is 2.64. The maximum atomic E-state index is 4.34. The van der Waals surface area contributed by atoms with Crippen molar-refractivity contribution in [3.8, 4) is 0 Å². The van der Waals surface area contributed by atoms with Gasteiger partial charge in [-0.15, -0.1) is 0 Å². The van der Waals surface area contributed by atoms with Gasteiger partial charge in [0, 0.05) is 16.2 Å². The Morgan fingerprint density at radius 2 is 1.81 bits per heavy atom. The Kier molecular flexibility index (Phi) is 4.00. The number of halogens is 1. The number of nitrogens with zero attached hydrogens (tertiary/aromatic N) is 1. The Labute approximate surface area is 107 Å². The van der Waals surface area contributed by atoms with Crippen molar-refractivity contribution < 1.29 is 0 Å². The third kappa shape index (κ3) is 4.97. The van der Waals surface area contributed by atoms with Crippen molar-refractivity contribution >= 4 is 21.7 Å². The van der Waals surface area contributed by atoms with Crippen LogP contribution in [-0.2, 0) is 0 Å². The molecule has 1 N–H and O–H groups in total.